The number of nitrogens with one attached hydrogen (secondary N) is 1. The molecule has 0 unspecified atom stereocenters. The molecule has 0 aliphatic heterocycles. The highest BCUT2D eigenvalue weighted by atomic mass is 32.2. The van der Waals surface area contributed by atoms with Crippen molar-refractivity contribution in [3.8, 4) is 0 Å². The summed E-state index contributed by atoms with van der Waals surface area (Å²) in [7, 11) is 1.01. The lowest BCUT2D eigenvalue weighted by Gasteiger charge is -2.11. The van der Waals surface area contributed by atoms with Crippen LogP contribution in [0.2, 0.25) is 0 Å². The Morgan fingerprint density at radius 1 is 1.17 bits per heavy atom. The van der Waals surface area contributed by atoms with Crippen molar-refractivity contribution < 1.29 is 8.42 Å². The zero-order valence-corrected chi connectivity index (χ0v) is 12.1. The summed E-state index contributed by atoms with van der Waals surface area (Å²) >= 11 is 0. The molecule has 1 rings (SSSR count). The smallest absolute Gasteiger partial charge is 0.178 e. The molecule has 1 N–H and O–H groups in total. The van der Waals surface area contributed by atoms with E-state index in [0.717, 1.165) is 25.2 Å². The van der Waals surface area contributed by atoms with Crippen molar-refractivity contribution in [2.45, 2.75) is 18.2 Å². The third kappa shape index (κ3) is 4.66. The van der Waals surface area contributed by atoms with Crippen LogP contribution < -0.4 is 5.32 Å². The van der Waals surface area contributed by atoms with E-state index in [0.29, 0.717) is 4.90 Å². The van der Waals surface area contributed by atoms with Gasteiger partial charge in [0.05, 0.1) is 10.6 Å². The van der Waals surface area contributed by atoms with Crippen LogP contribution in [-0.2, 0) is 9.84 Å². The molecule has 4 nitrogen and oxygen atoms in total. The molecule has 0 saturated heterocycles. The van der Waals surface area contributed by atoms with E-state index in [1.165, 1.54) is 0 Å². The highest BCUT2D eigenvalue weighted by Crippen LogP contribution is 2.15. The summed E-state index contributed by atoms with van der Waals surface area (Å²) in [6, 6.07) is 6.95. The average molecular weight is 270 g/mol. The van der Waals surface area contributed by atoms with E-state index >= 15 is 0 Å². The SMILES string of the molecule is CCS(=O)(=O)c1ccc(NCCCN(C)C)cc1. The van der Waals surface area contributed by atoms with E-state index in [-0.39, 0.29) is 5.75 Å². The second-order valence-corrected chi connectivity index (χ2v) is 6.79. The van der Waals surface area contributed by atoms with Crippen molar-refractivity contribution in [2.75, 3.05) is 38.3 Å². The van der Waals surface area contributed by atoms with E-state index in [4.69, 9.17) is 0 Å². The predicted octanol–water partition coefficient (Wildman–Crippen LogP) is 1.84. The van der Waals surface area contributed by atoms with Gasteiger partial charge in [0.1, 0.15) is 0 Å². The monoisotopic (exact) mass is 270 g/mol. The second kappa shape index (κ2) is 6.75. The number of rotatable bonds is 7. The number of benzene rings is 1. The number of hydrogen-bond acceptors (Lipinski definition) is 4. The molecule has 0 aromatic heterocycles. The maximum atomic E-state index is 11.6. The van der Waals surface area contributed by atoms with E-state index in [2.05, 4.69) is 10.2 Å². The highest BCUT2D eigenvalue weighted by Gasteiger charge is 2.10. The molecule has 0 amide bonds. The zero-order valence-electron chi connectivity index (χ0n) is 11.3. The number of hydrogen-bond donors (Lipinski definition) is 1. The molecule has 0 radical (unpaired) electrons. The number of sulfone groups is 1. The molecule has 0 fully saturated rings. The fourth-order valence-corrected chi connectivity index (χ4v) is 2.46. The van der Waals surface area contributed by atoms with Gasteiger partial charge in [-0.05, 0) is 51.3 Å². The summed E-state index contributed by atoms with van der Waals surface area (Å²) in [5.41, 5.74) is 0.962. The van der Waals surface area contributed by atoms with Crippen LogP contribution in [0.3, 0.4) is 0 Å². The average Bonchev–Trinajstić information content (AvgIpc) is 2.35. The van der Waals surface area contributed by atoms with Crippen LogP contribution in [0.5, 0.6) is 0 Å². The molecule has 102 valence electrons. The molecule has 0 bridgehead atoms. The quantitative estimate of drug-likeness (QED) is 0.768. The Morgan fingerprint density at radius 2 is 1.78 bits per heavy atom. The molecule has 0 aliphatic rings. The van der Waals surface area contributed by atoms with Gasteiger partial charge in [-0.15, -0.1) is 0 Å². The lowest BCUT2D eigenvalue weighted by Crippen LogP contribution is -2.16. The first-order valence-corrected chi connectivity index (χ1v) is 7.82. The Kier molecular flexibility index (Phi) is 5.62. The first kappa shape index (κ1) is 15.0. The van der Waals surface area contributed by atoms with Crippen molar-refractivity contribution in [3.63, 3.8) is 0 Å². The molecule has 0 atom stereocenters. The van der Waals surface area contributed by atoms with Crippen LogP contribution in [0.25, 0.3) is 0 Å². The van der Waals surface area contributed by atoms with Gasteiger partial charge in [-0.2, -0.15) is 0 Å². The third-order valence-corrected chi connectivity index (χ3v) is 4.46. The molecular weight excluding hydrogens is 248 g/mol. The predicted molar refractivity (Wildman–Crippen MR) is 75.8 cm³/mol. The minimum atomic E-state index is -3.09. The maximum Gasteiger partial charge on any atom is 0.178 e. The van der Waals surface area contributed by atoms with Crippen molar-refractivity contribution >= 4 is 15.5 Å². The van der Waals surface area contributed by atoms with E-state index in [1.807, 2.05) is 26.2 Å². The van der Waals surface area contributed by atoms with Crippen LogP contribution in [0.15, 0.2) is 29.2 Å². The Morgan fingerprint density at radius 3 is 2.28 bits per heavy atom. The largest absolute Gasteiger partial charge is 0.385 e. The number of nitrogens with zero attached hydrogens (tertiary/aromatic N) is 1. The topological polar surface area (TPSA) is 49.4 Å². The summed E-state index contributed by atoms with van der Waals surface area (Å²) in [5, 5.41) is 3.28. The summed E-state index contributed by atoms with van der Waals surface area (Å²) in [5.74, 6) is 0.141. The van der Waals surface area contributed by atoms with Gasteiger partial charge in [0.15, 0.2) is 9.84 Å². The van der Waals surface area contributed by atoms with Crippen molar-refractivity contribution in [2.24, 2.45) is 0 Å². The lowest BCUT2D eigenvalue weighted by molar-refractivity contribution is 0.405. The molecular formula is C13H22N2O2S. The lowest BCUT2D eigenvalue weighted by atomic mass is 10.3. The fraction of sp³-hybridized carbons (Fsp3) is 0.538. The van der Waals surface area contributed by atoms with Gasteiger partial charge in [0, 0.05) is 12.2 Å². The van der Waals surface area contributed by atoms with Crippen LogP contribution in [0.4, 0.5) is 5.69 Å². The van der Waals surface area contributed by atoms with Gasteiger partial charge < -0.3 is 10.2 Å². The Bertz CT molecular complexity index is 452. The summed E-state index contributed by atoms with van der Waals surface area (Å²) in [6.07, 6.45) is 1.06. The van der Waals surface area contributed by atoms with Crippen LogP contribution in [0.1, 0.15) is 13.3 Å². The summed E-state index contributed by atoms with van der Waals surface area (Å²) in [6.45, 7) is 3.58. The molecule has 0 spiro atoms. The van der Waals surface area contributed by atoms with Gasteiger partial charge in [0.2, 0.25) is 0 Å². The summed E-state index contributed by atoms with van der Waals surface area (Å²) in [4.78, 5) is 2.53. The van der Waals surface area contributed by atoms with E-state index in [9.17, 15) is 8.42 Å². The highest BCUT2D eigenvalue weighted by molar-refractivity contribution is 7.91. The maximum absolute atomic E-state index is 11.6. The molecule has 5 heteroatoms. The molecule has 1 aromatic carbocycles. The molecule has 0 saturated carbocycles. The summed E-state index contributed by atoms with van der Waals surface area (Å²) < 4.78 is 23.2. The Labute approximate surface area is 110 Å². The Hall–Kier alpha value is -1.07. The van der Waals surface area contributed by atoms with Crippen molar-refractivity contribution in [3.05, 3.63) is 24.3 Å². The minimum Gasteiger partial charge on any atom is -0.385 e. The second-order valence-electron chi connectivity index (χ2n) is 4.51. The molecule has 0 aliphatic carbocycles. The van der Waals surface area contributed by atoms with Crippen LogP contribution >= 0.6 is 0 Å². The minimum absolute atomic E-state index is 0.141. The van der Waals surface area contributed by atoms with E-state index in [1.54, 1.807) is 19.1 Å². The molecule has 0 heterocycles. The van der Waals surface area contributed by atoms with Crippen LogP contribution in [-0.4, -0.2) is 46.3 Å². The molecule has 18 heavy (non-hydrogen) atoms. The normalized spacial score (nSPS) is 11.8. The van der Waals surface area contributed by atoms with E-state index < -0.39 is 9.84 Å². The standard InChI is InChI=1S/C13H22N2O2S/c1-4-18(16,17)13-8-6-12(7-9-13)14-10-5-11-15(2)3/h6-9,14H,4-5,10-11H2,1-3H3. The Balaban J connectivity index is 2.51. The van der Waals surface area contributed by atoms with Crippen molar-refractivity contribution in [1.82, 2.24) is 4.90 Å². The van der Waals surface area contributed by atoms with Gasteiger partial charge >= 0.3 is 0 Å². The van der Waals surface area contributed by atoms with Gasteiger partial charge in [0.25, 0.3) is 0 Å². The van der Waals surface area contributed by atoms with Gasteiger partial charge in [-0.1, -0.05) is 6.92 Å². The van der Waals surface area contributed by atoms with Gasteiger partial charge in [-0.25, -0.2) is 8.42 Å². The van der Waals surface area contributed by atoms with Crippen LogP contribution in [0, 0.1) is 0 Å². The first-order chi connectivity index (χ1) is 8.45. The van der Waals surface area contributed by atoms with Gasteiger partial charge in [-0.3, -0.25) is 0 Å². The van der Waals surface area contributed by atoms with Crippen molar-refractivity contribution in [1.29, 1.82) is 0 Å². The zero-order chi connectivity index (χ0) is 13.6. The molecule has 1 aromatic rings. The third-order valence-electron chi connectivity index (χ3n) is 2.70. The fourth-order valence-electron chi connectivity index (χ4n) is 1.57. The number of anilines is 1. The first-order valence-electron chi connectivity index (χ1n) is 6.17.